The van der Waals surface area contributed by atoms with Crippen molar-refractivity contribution in [2.24, 2.45) is 0 Å². The summed E-state index contributed by atoms with van der Waals surface area (Å²) in [6, 6.07) is 0. The van der Waals surface area contributed by atoms with Crippen molar-refractivity contribution in [3.63, 3.8) is 0 Å². The number of carbonyl (C=O) groups is 1. The van der Waals surface area contributed by atoms with Crippen molar-refractivity contribution in [3.05, 3.63) is 22.2 Å². The highest BCUT2D eigenvalue weighted by molar-refractivity contribution is 7.90. The molecule has 1 heterocycles. The van der Waals surface area contributed by atoms with Gasteiger partial charge in [0.2, 0.25) is 0 Å². The zero-order valence-electron chi connectivity index (χ0n) is 9.29. The van der Waals surface area contributed by atoms with Gasteiger partial charge < -0.3 is 5.11 Å². The molecule has 0 spiro atoms. The average Bonchev–Trinajstić information content (AvgIpc) is 2.61. The number of nitrogens with zero attached hydrogens (tertiary/aromatic N) is 1. The fourth-order valence-corrected chi connectivity index (χ4v) is 3.80. The van der Waals surface area contributed by atoms with Crippen LogP contribution in [0.5, 0.6) is 0 Å². The zero-order chi connectivity index (χ0) is 12.9. The molecule has 0 saturated heterocycles. The predicted octanol–water partition coefficient (Wildman–Crippen LogP) is 1.57. The summed E-state index contributed by atoms with van der Waals surface area (Å²) < 4.78 is 23.1. The monoisotopic (exact) mass is 275 g/mol. The van der Waals surface area contributed by atoms with Gasteiger partial charge in [-0.2, -0.15) is 0 Å². The third-order valence-corrected chi connectivity index (χ3v) is 4.71. The van der Waals surface area contributed by atoms with Crippen LogP contribution in [0.25, 0.3) is 6.08 Å². The maximum atomic E-state index is 11.5. The van der Waals surface area contributed by atoms with E-state index >= 15 is 0 Å². The molecule has 0 unspecified atom stereocenters. The molecule has 0 bridgehead atoms. The van der Waals surface area contributed by atoms with E-state index in [0.717, 1.165) is 6.08 Å². The Bertz CT molecular complexity index is 516. The van der Waals surface area contributed by atoms with Gasteiger partial charge in [-0.25, -0.2) is 18.2 Å². The van der Waals surface area contributed by atoms with Crippen LogP contribution in [0.15, 0.2) is 12.3 Å². The molecule has 7 heteroatoms. The van der Waals surface area contributed by atoms with E-state index in [0.29, 0.717) is 16.3 Å². The van der Waals surface area contributed by atoms with Gasteiger partial charge in [-0.15, -0.1) is 11.3 Å². The molecule has 17 heavy (non-hydrogen) atoms. The van der Waals surface area contributed by atoms with Gasteiger partial charge in [0.25, 0.3) is 0 Å². The summed E-state index contributed by atoms with van der Waals surface area (Å²) in [6.45, 7) is 1.81. The Labute approximate surface area is 104 Å². The Kier molecular flexibility index (Phi) is 4.83. The lowest BCUT2D eigenvalue weighted by Gasteiger charge is -1.97. The largest absolute Gasteiger partial charge is 0.478 e. The van der Waals surface area contributed by atoms with E-state index in [1.54, 1.807) is 6.92 Å². The van der Waals surface area contributed by atoms with Crippen LogP contribution >= 0.6 is 11.3 Å². The lowest BCUT2D eigenvalue weighted by molar-refractivity contribution is -0.131. The van der Waals surface area contributed by atoms with Crippen molar-refractivity contribution in [3.8, 4) is 0 Å². The minimum atomic E-state index is -3.10. The molecule has 0 aliphatic carbocycles. The third kappa shape index (κ3) is 5.10. The first-order chi connectivity index (χ1) is 7.93. The number of aromatic nitrogens is 1. The molecular formula is C10H13NO4S2. The zero-order valence-corrected chi connectivity index (χ0v) is 10.9. The molecular weight excluding hydrogens is 262 g/mol. The molecule has 5 nitrogen and oxygen atoms in total. The number of carboxylic acids is 1. The summed E-state index contributed by atoms with van der Waals surface area (Å²) in [6.07, 6.45) is 4.45. The fraction of sp³-hybridized carbons (Fsp3) is 0.400. The minimum Gasteiger partial charge on any atom is -0.478 e. The predicted molar refractivity (Wildman–Crippen MR) is 66.6 cm³/mol. The van der Waals surface area contributed by atoms with Crippen LogP contribution in [0.1, 0.15) is 23.2 Å². The molecule has 0 aromatic carbocycles. The van der Waals surface area contributed by atoms with Crippen molar-refractivity contribution in [1.29, 1.82) is 0 Å². The maximum Gasteiger partial charge on any atom is 0.328 e. The van der Waals surface area contributed by atoms with Gasteiger partial charge in [0, 0.05) is 17.2 Å². The Morgan fingerprint density at radius 1 is 1.59 bits per heavy atom. The Morgan fingerprint density at radius 3 is 2.88 bits per heavy atom. The number of rotatable bonds is 6. The molecule has 94 valence electrons. The second-order valence-corrected chi connectivity index (χ2v) is 6.75. The normalized spacial score (nSPS) is 12.1. The molecule has 1 rings (SSSR count). The Balaban J connectivity index is 2.72. The van der Waals surface area contributed by atoms with Crippen molar-refractivity contribution in [2.45, 2.75) is 19.1 Å². The topological polar surface area (TPSA) is 84.3 Å². The molecule has 0 amide bonds. The quantitative estimate of drug-likeness (QED) is 0.796. The fourth-order valence-electron chi connectivity index (χ4n) is 1.19. The molecule has 1 N–H and O–H groups in total. The summed E-state index contributed by atoms with van der Waals surface area (Å²) in [7, 11) is -3.10. The lowest BCUT2D eigenvalue weighted by Crippen LogP contribution is -2.08. The number of carboxylic acid groups (broad SMARTS) is 1. The van der Waals surface area contributed by atoms with Gasteiger partial charge in [0.15, 0.2) is 9.84 Å². The summed E-state index contributed by atoms with van der Waals surface area (Å²) in [5.41, 5.74) is 0. The van der Waals surface area contributed by atoms with E-state index in [-0.39, 0.29) is 11.5 Å². The minimum absolute atomic E-state index is 0.0770. The van der Waals surface area contributed by atoms with Crippen molar-refractivity contribution in [1.82, 2.24) is 4.98 Å². The molecule has 1 aromatic rings. The number of hydrogen-bond donors (Lipinski definition) is 1. The van der Waals surface area contributed by atoms with E-state index in [4.69, 9.17) is 5.11 Å². The van der Waals surface area contributed by atoms with Crippen molar-refractivity contribution in [2.75, 3.05) is 5.75 Å². The second-order valence-electron chi connectivity index (χ2n) is 3.42. The average molecular weight is 275 g/mol. The highest BCUT2D eigenvalue weighted by Gasteiger charge is 2.13. The molecule has 0 aliphatic rings. The molecule has 0 saturated carbocycles. The van der Waals surface area contributed by atoms with Crippen LogP contribution in [-0.2, 0) is 20.4 Å². The Morgan fingerprint density at radius 2 is 2.29 bits per heavy atom. The number of aliphatic carboxylic acids is 1. The summed E-state index contributed by atoms with van der Waals surface area (Å²) in [5.74, 6) is -0.974. The first kappa shape index (κ1) is 13.9. The third-order valence-electron chi connectivity index (χ3n) is 1.82. The second kappa shape index (κ2) is 5.92. The Hall–Kier alpha value is -1.21. The van der Waals surface area contributed by atoms with E-state index < -0.39 is 15.8 Å². The summed E-state index contributed by atoms with van der Waals surface area (Å²) in [4.78, 5) is 14.9. The van der Waals surface area contributed by atoms with Gasteiger partial charge in [0.1, 0.15) is 10.8 Å². The van der Waals surface area contributed by atoms with E-state index in [2.05, 4.69) is 4.98 Å². The van der Waals surface area contributed by atoms with Gasteiger partial charge >= 0.3 is 5.97 Å². The number of thiazole rings is 1. The smallest absolute Gasteiger partial charge is 0.328 e. The molecule has 0 atom stereocenters. The SMILES string of the molecule is CCCS(=O)(=O)Cc1ncc(/C=C/C(=O)O)s1. The van der Waals surface area contributed by atoms with Crippen molar-refractivity contribution < 1.29 is 18.3 Å². The standard InChI is InChI=1S/C10H13NO4S2/c1-2-5-17(14,15)7-9-11-6-8(16-9)3-4-10(12)13/h3-4,6H,2,5,7H2,1H3,(H,12,13)/b4-3+. The molecule has 0 fully saturated rings. The summed E-state index contributed by atoms with van der Waals surface area (Å²) >= 11 is 1.19. The van der Waals surface area contributed by atoms with Crippen LogP contribution in [0, 0.1) is 0 Å². The maximum absolute atomic E-state index is 11.5. The first-order valence-corrected chi connectivity index (χ1v) is 7.63. The van der Waals surface area contributed by atoms with E-state index in [1.807, 2.05) is 0 Å². The lowest BCUT2D eigenvalue weighted by atomic mass is 10.4. The van der Waals surface area contributed by atoms with Crippen LogP contribution < -0.4 is 0 Å². The first-order valence-electron chi connectivity index (χ1n) is 4.99. The van der Waals surface area contributed by atoms with Crippen LogP contribution in [0.3, 0.4) is 0 Å². The number of sulfone groups is 1. The van der Waals surface area contributed by atoms with Gasteiger partial charge in [-0.3, -0.25) is 0 Å². The number of hydrogen-bond acceptors (Lipinski definition) is 5. The van der Waals surface area contributed by atoms with Crippen LogP contribution in [0.4, 0.5) is 0 Å². The molecule has 0 radical (unpaired) electrons. The highest BCUT2D eigenvalue weighted by atomic mass is 32.2. The molecule has 0 aliphatic heterocycles. The van der Waals surface area contributed by atoms with Gasteiger partial charge in [-0.05, 0) is 12.5 Å². The van der Waals surface area contributed by atoms with E-state index in [9.17, 15) is 13.2 Å². The van der Waals surface area contributed by atoms with Crippen LogP contribution in [0.2, 0.25) is 0 Å². The van der Waals surface area contributed by atoms with Crippen LogP contribution in [-0.4, -0.2) is 30.2 Å². The van der Waals surface area contributed by atoms with Gasteiger partial charge in [-0.1, -0.05) is 6.92 Å². The van der Waals surface area contributed by atoms with Gasteiger partial charge in [0.05, 0.1) is 5.75 Å². The highest BCUT2D eigenvalue weighted by Crippen LogP contribution is 2.17. The van der Waals surface area contributed by atoms with Crippen molar-refractivity contribution >= 4 is 33.2 Å². The molecule has 1 aromatic heterocycles. The van der Waals surface area contributed by atoms with E-state index in [1.165, 1.54) is 23.6 Å². The summed E-state index contributed by atoms with van der Waals surface area (Å²) in [5, 5.41) is 8.93.